The summed E-state index contributed by atoms with van der Waals surface area (Å²) in [6.45, 7) is 5.65. The number of hydrogen-bond donors (Lipinski definition) is 0. The van der Waals surface area contributed by atoms with E-state index in [1.54, 1.807) is 13.2 Å². The fourth-order valence-corrected chi connectivity index (χ4v) is 2.55. The predicted octanol–water partition coefficient (Wildman–Crippen LogP) is 2.16. The second-order valence-corrected chi connectivity index (χ2v) is 5.54. The van der Waals surface area contributed by atoms with Gasteiger partial charge in [-0.3, -0.25) is 0 Å². The average molecular weight is 312 g/mol. The third-order valence-electron chi connectivity index (χ3n) is 3.59. The molecule has 0 N–H and O–H groups in total. The van der Waals surface area contributed by atoms with Gasteiger partial charge in [0.1, 0.15) is 5.75 Å². The normalized spacial score (nSPS) is 10.9. The summed E-state index contributed by atoms with van der Waals surface area (Å²) in [5.41, 5.74) is 3.11. The van der Waals surface area contributed by atoms with Crippen molar-refractivity contribution in [2.24, 2.45) is 7.05 Å². The molecule has 0 unspecified atom stereocenters. The van der Waals surface area contributed by atoms with E-state index in [9.17, 15) is 0 Å². The standard InChI is InChI=1S/C16H20N6O/c1-12-9-14(16-18-20-21(3)19-16)10-13(2)15(12)23-8-4-6-22-7-5-17-11-22/h5,7,9-11H,4,6,8H2,1-3H3. The van der Waals surface area contributed by atoms with Gasteiger partial charge in [0.05, 0.1) is 20.0 Å². The maximum atomic E-state index is 5.97. The molecular weight excluding hydrogens is 292 g/mol. The molecule has 0 radical (unpaired) electrons. The van der Waals surface area contributed by atoms with Gasteiger partial charge >= 0.3 is 0 Å². The molecule has 3 aromatic rings. The van der Waals surface area contributed by atoms with E-state index < -0.39 is 0 Å². The maximum absolute atomic E-state index is 5.97. The lowest BCUT2D eigenvalue weighted by molar-refractivity contribution is 0.298. The van der Waals surface area contributed by atoms with Gasteiger partial charge in [0.15, 0.2) is 0 Å². The van der Waals surface area contributed by atoms with Crippen molar-refractivity contribution in [1.29, 1.82) is 0 Å². The SMILES string of the molecule is Cc1cc(-c2nnn(C)n2)cc(C)c1OCCCn1ccnc1. The Morgan fingerprint density at radius 3 is 2.57 bits per heavy atom. The molecule has 1 aromatic carbocycles. The smallest absolute Gasteiger partial charge is 0.204 e. The monoisotopic (exact) mass is 312 g/mol. The molecule has 0 aliphatic rings. The van der Waals surface area contributed by atoms with Crippen LogP contribution in [0, 0.1) is 13.8 Å². The summed E-state index contributed by atoms with van der Waals surface area (Å²) >= 11 is 0. The Kier molecular flexibility index (Phi) is 4.36. The molecule has 0 atom stereocenters. The van der Waals surface area contributed by atoms with E-state index in [2.05, 4.69) is 20.4 Å². The van der Waals surface area contributed by atoms with Gasteiger partial charge in [-0.2, -0.15) is 4.80 Å². The van der Waals surface area contributed by atoms with E-state index >= 15 is 0 Å². The van der Waals surface area contributed by atoms with Gasteiger partial charge in [0, 0.05) is 24.5 Å². The van der Waals surface area contributed by atoms with E-state index in [1.807, 2.05) is 43.1 Å². The summed E-state index contributed by atoms with van der Waals surface area (Å²) in [5, 5.41) is 12.2. The summed E-state index contributed by atoms with van der Waals surface area (Å²) in [6, 6.07) is 4.07. The molecule has 120 valence electrons. The Labute approximate surface area is 134 Å². The Morgan fingerprint density at radius 2 is 1.96 bits per heavy atom. The van der Waals surface area contributed by atoms with Gasteiger partial charge in [-0.1, -0.05) is 0 Å². The molecule has 2 heterocycles. The van der Waals surface area contributed by atoms with Gasteiger partial charge in [0.2, 0.25) is 5.82 Å². The Hall–Kier alpha value is -2.70. The summed E-state index contributed by atoms with van der Waals surface area (Å²) < 4.78 is 8.01. The van der Waals surface area contributed by atoms with Crippen molar-refractivity contribution < 1.29 is 4.74 Å². The van der Waals surface area contributed by atoms with Crippen LogP contribution in [-0.2, 0) is 13.6 Å². The van der Waals surface area contributed by atoms with Crippen LogP contribution in [-0.4, -0.2) is 36.4 Å². The average Bonchev–Trinajstić information content (AvgIpc) is 3.17. The van der Waals surface area contributed by atoms with Crippen LogP contribution in [0.1, 0.15) is 17.5 Å². The number of ether oxygens (including phenoxy) is 1. The van der Waals surface area contributed by atoms with Crippen LogP contribution >= 0.6 is 0 Å². The van der Waals surface area contributed by atoms with Crippen LogP contribution in [0.2, 0.25) is 0 Å². The molecule has 0 saturated carbocycles. The second-order valence-electron chi connectivity index (χ2n) is 5.54. The topological polar surface area (TPSA) is 70.7 Å². The van der Waals surface area contributed by atoms with Crippen LogP contribution in [0.4, 0.5) is 0 Å². The Bertz CT molecular complexity index is 755. The number of rotatable bonds is 6. The molecule has 0 aliphatic carbocycles. The molecule has 0 fully saturated rings. The number of nitrogens with zero attached hydrogens (tertiary/aromatic N) is 6. The van der Waals surface area contributed by atoms with Gasteiger partial charge in [-0.05, 0) is 48.7 Å². The zero-order chi connectivity index (χ0) is 16.2. The summed E-state index contributed by atoms with van der Waals surface area (Å²) in [6.07, 6.45) is 6.50. The third kappa shape index (κ3) is 3.56. The van der Waals surface area contributed by atoms with E-state index in [0.29, 0.717) is 12.4 Å². The van der Waals surface area contributed by atoms with Crippen LogP contribution in [0.5, 0.6) is 5.75 Å². The van der Waals surface area contributed by atoms with Crippen molar-refractivity contribution in [3.63, 3.8) is 0 Å². The first-order valence-corrected chi connectivity index (χ1v) is 7.57. The van der Waals surface area contributed by atoms with Crippen LogP contribution in [0.15, 0.2) is 30.9 Å². The fraction of sp³-hybridized carbons (Fsp3) is 0.375. The van der Waals surface area contributed by atoms with Crippen molar-refractivity contribution in [3.8, 4) is 17.1 Å². The molecule has 0 amide bonds. The Morgan fingerprint density at radius 1 is 1.17 bits per heavy atom. The lowest BCUT2D eigenvalue weighted by Gasteiger charge is -2.13. The van der Waals surface area contributed by atoms with Gasteiger partial charge in [-0.15, -0.1) is 10.2 Å². The van der Waals surface area contributed by atoms with Gasteiger partial charge in [-0.25, -0.2) is 4.98 Å². The molecule has 0 bridgehead atoms. The lowest BCUT2D eigenvalue weighted by Crippen LogP contribution is -2.05. The second kappa shape index (κ2) is 6.60. The van der Waals surface area contributed by atoms with Crippen molar-refractivity contribution in [2.75, 3.05) is 6.61 Å². The first-order valence-electron chi connectivity index (χ1n) is 7.57. The largest absolute Gasteiger partial charge is 0.493 e. The highest BCUT2D eigenvalue weighted by Gasteiger charge is 2.11. The number of aromatic nitrogens is 6. The van der Waals surface area contributed by atoms with Crippen LogP contribution in [0.3, 0.4) is 0 Å². The Balaban J connectivity index is 1.65. The van der Waals surface area contributed by atoms with Crippen molar-refractivity contribution >= 4 is 0 Å². The minimum absolute atomic E-state index is 0.630. The van der Waals surface area contributed by atoms with Gasteiger partial charge < -0.3 is 9.30 Å². The third-order valence-corrected chi connectivity index (χ3v) is 3.59. The number of tetrazole rings is 1. The molecule has 7 nitrogen and oxygen atoms in total. The quantitative estimate of drug-likeness (QED) is 0.652. The highest BCUT2D eigenvalue weighted by molar-refractivity contribution is 5.60. The molecule has 3 rings (SSSR count). The van der Waals surface area contributed by atoms with E-state index in [4.69, 9.17) is 4.74 Å². The predicted molar refractivity (Wildman–Crippen MR) is 86.0 cm³/mol. The van der Waals surface area contributed by atoms with Crippen molar-refractivity contribution in [3.05, 3.63) is 42.0 Å². The van der Waals surface area contributed by atoms with Crippen molar-refractivity contribution in [1.82, 2.24) is 29.8 Å². The van der Waals surface area contributed by atoms with Crippen LogP contribution in [0.25, 0.3) is 11.4 Å². The molecule has 0 saturated heterocycles. The first kappa shape index (κ1) is 15.2. The summed E-state index contributed by atoms with van der Waals surface area (Å²) in [7, 11) is 1.76. The molecule has 23 heavy (non-hydrogen) atoms. The molecule has 7 heteroatoms. The van der Waals surface area contributed by atoms with E-state index in [0.717, 1.165) is 35.4 Å². The van der Waals surface area contributed by atoms with Gasteiger partial charge in [0.25, 0.3) is 0 Å². The number of hydrogen-bond acceptors (Lipinski definition) is 5. The van der Waals surface area contributed by atoms with Crippen molar-refractivity contribution in [2.45, 2.75) is 26.8 Å². The highest BCUT2D eigenvalue weighted by Crippen LogP contribution is 2.28. The van der Waals surface area contributed by atoms with Crippen LogP contribution < -0.4 is 4.74 Å². The van der Waals surface area contributed by atoms with E-state index in [-0.39, 0.29) is 0 Å². The number of aryl methyl sites for hydroxylation is 4. The minimum Gasteiger partial charge on any atom is -0.493 e. The highest BCUT2D eigenvalue weighted by atomic mass is 16.5. The maximum Gasteiger partial charge on any atom is 0.204 e. The molecular formula is C16H20N6O. The minimum atomic E-state index is 0.630. The zero-order valence-electron chi connectivity index (χ0n) is 13.6. The fourth-order valence-electron chi connectivity index (χ4n) is 2.55. The lowest BCUT2D eigenvalue weighted by atomic mass is 10.1. The van der Waals surface area contributed by atoms with E-state index in [1.165, 1.54) is 4.80 Å². The summed E-state index contributed by atoms with van der Waals surface area (Å²) in [5.74, 6) is 1.56. The zero-order valence-corrected chi connectivity index (χ0v) is 13.6. The summed E-state index contributed by atoms with van der Waals surface area (Å²) in [4.78, 5) is 5.49. The molecule has 2 aromatic heterocycles. The molecule has 0 aliphatic heterocycles. The number of imidazole rings is 1. The molecule has 0 spiro atoms. The first-order chi connectivity index (χ1) is 11.1. The number of benzene rings is 1.